The number of piperazine rings is 1. The van der Waals surface area contributed by atoms with E-state index in [1.54, 1.807) is 12.3 Å². The molecule has 50 heavy (non-hydrogen) atoms. The van der Waals surface area contributed by atoms with Gasteiger partial charge in [0.1, 0.15) is 16.8 Å². The number of likely N-dealkylation sites (N-methyl/N-ethyl adjacent to an activating group) is 1. The van der Waals surface area contributed by atoms with Gasteiger partial charge in [0.2, 0.25) is 5.95 Å². The summed E-state index contributed by atoms with van der Waals surface area (Å²) in [4.78, 5) is 55.9. The fourth-order valence-electron chi connectivity index (χ4n) is 5.40. The molecule has 0 aliphatic carbocycles. The lowest BCUT2D eigenvalue weighted by atomic mass is 10.1. The van der Waals surface area contributed by atoms with Crippen LogP contribution in [0.15, 0.2) is 78.1 Å². The molecule has 4 aromatic rings. The first-order valence-electron chi connectivity index (χ1n) is 16.5. The van der Waals surface area contributed by atoms with E-state index in [0.717, 1.165) is 38.3 Å². The molecule has 13 nitrogen and oxygen atoms in total. The highest BCUT2D eigenvalue weighted by Crippen LogP contribution is 2.25. The second kappa shape index (κ2) is 16.2. The number of anilines is 2. The topological polar surface area (TPSA) is 157 Å². The maximum Gasteiger partial charge on any atom is 0.262 e. The van der Waals surface area contributed by atoms with Crippen molar-refractivity contribution in [2.24, 2.45) is 0 Å². The third-order valence-electron chi connectivity index (χ3n) is 8.06. The summed E-state index contributed by atoms with van der Waals surface area (Å²) < 4.78 is 5.78. The molecule has 3 heterocycles. The number of H-pyrrole nitrogens is 1. The Labute approximate surface area is 296 Å². The van der Waals surface area contributed by atoms with Crippen LogP contribution < -0.4 is 26.8 Å². The van der Waals surface area contributed by atoms with Gasteiger partial charge in [0, 0.05) is 63.0 Å². The highest BCUT2D eigenvalue weighted by Gasteiger charge is 2.20. The van der Waals surface area contributed by atoms with Crippen LogP contribution >= 0.6 is 11.6 Å². The Kier molecular flexibility index (Phi) is 11.7. The van der Waals surface area contributed by atoms with Crippen molar-refractivity contribution >= 4 is 46.1 Å². The molecule has 264 valence electrons. The number of carbonyl (C=O) groups is 2. The minimum atomic E-state index is -0.703. The number of rotatable bonds is 13. The number of carbonyl (C=O) groups excluding carboxylic acids is 2. The molecule has 1 aliphatic heterocycles. The smallest absolute Gasteiger partial charge is 0.262 e. The number of benzene rings is 2. The van der Waals surface area contributed by atoms with Gasteiger partial charge < -0.3 is 35.9 Å². The summed E-state index contributed by atoms with van der Waals surface area (Å²) in [5.41, 5.74) is 0.374. The predicted octanol–water partition coefficient (Wildman–Crippen LogP) is 4.23. The van der Waals surface area contributed by atoms with Crippen LogP contribution in [-0.4, -0.2) is 95.0 Å². The minimum Gasteiger partial charge on any atom is -0.474 e. The number of ether oxygens (including phenoxy) is 1. The molecular weight excluding hydrogens is 658 g/mol. The van der Waals surface area contributed by atoms with Crippen LogP contribution in [0.3, 0.4) is 0 Å². The standard InChI is InChI=1S/C36H44ClN9O4/c1-23(50-36(2,3)4)39-22-30(24-9-7-6-8-10-24)42-32(47)25-11-12-28(37)29(20-25)41-33(48)27-19-26-21-40-35(44-31(26)43-34(27)49)38-13-14-46-17-15-45(5)16-18-46/h6-12,19-21,30,39H,1,13-18,22H2,2-5H3,(H,41,48)(H,42,47)(H2,38,40,43,44,49). The molecular formula is C36H44ClN9O4. The zero-order chi connectivity index (χ0) is 35.8. The summed E-state index contributed by atoms with van der Waals surface area (Å²) in [5.74, 6) is -0.336. The van der Waals surface area contributed by atoms with Gasteiger partial charge in [-0.25, -0.2) is 4.98 Å². The third kappa shape index (κ3) is 10.0. The van der Waals surface area contributed by atoms with Crippen LogP contribution in [0.1, 0.15) is 53.1 Å². The molecule has 2 aromatic carbocycles. The van der Waals surface area contributed by atoms with Gasteiger partial charge in [0.05, 0.1) is 16.8 Å². The largest absolute Gasteiger partial charge is 0.474 e. The number of nitrogens with one attached hydrogen (secondary N) is 5. The zero-order valence-electron chi connectivity index (χ0n) is 28.8. The SMILES string of the molecule is C=C(NCC(NC(=O)c1ccc(Cl)c(NC(=O)c2cc3cnc(NCCN4CCN(C)CC4)nc3[nH]c2=O)c1)c1ccccc1)OC(C)(C)C. The van der Waals surface area contributed by atoms with E-state index in [2.05, 4.69) is 59.6 Å². The van der Waals surface area contributed by atoms with Crippen LogP contribution in [-0.2, 0) is 4.74 Å². The van der Waals surface area contributed by atoms with Gasteiger partial charge in [-0.3, -0.25) is 19.3 Å². The second-order valence-electron chi connectivity index (χ2n) is 13.2. The summed E-state index contributed by atoms with van der Waals surface area (Å²) >= 11 is 6.42. The van der Waals surface area contributed by atoms with Crippen LogP contribution in [0.5, 0.6) is 0 Å². The van der Waals surface area contributed by atoms with Crippen LogP contribution in [0, 0.1) is 0 Å². The number of amides is 2. The molecule has 0 spiro atoms. The van der Waals surface area contributed by atoms with Crippen LogP contribution in [0.4, 0.5) is 11.6 Å². The van der Waals surface area contributed by atoms with Gasteiger partial charge in [-0.15, -0.1) is 0 Å². The van der Waals surface area contributed by atoms with E-state index in [-0.39, 0.29) is 21.8 Å². The number of halogens is 1. The van der Waals surface area contributed by atoms with Crippen molar-refractivity contribution in [2.45, 2.75) is 32.4 Å². The average Bonchev–Trinajstić information content (AvgIpc) is 3.07. The van der Waals surface area contributed by atoms with Crippen LogP contribution in [0.25, 0.3) is 11.0 Å². The number of aromatic amines is 1. The first-order valence-corrected chi connectivity index (χ1v) is 16.9. The van der Waals surface area contributed by atoms with Crippen LogP contribution in [0.2, 0.25) is 5.02 Å². The highest BCUT2D eigenvalue weighted by atomic mass is 35.5. The Hall–Kier alpha value is -4.98. The molecule has 5 N–H and O–H groups in total. The molecule has 1 saturated heterocycles. The number of fused-ring (bicyclic) bond motifs is 1. The predicted molar refractivity (Wildman–Crippen MR) is 197 cm³/mol. The summed E-state index contributed by atoms with van der Waals surface area (Å²) in [5, 5.41) is 12.7. The van der Waals surface area contributed by atoms with Crippen molar-refractivity contribution in [2.75, 3.05) is 63.5 Å². The fraction of sp³-hybridized carbons (Fsp3) is 0.361. The molecule has 0 bridgehead atoms. The first kappa shape index (κ1) is 36.3. The lowest BCUT2D eigenvalue weighted by Gasteiger charge is -2.32. The lowest BCUT2D eigenvalue weighted by molar-refractivity contribution is 0.0407. The molecule has 0 radical (unpaired) electrons. The molecule has 1 unspecified atom stereocenters. The molecule has 1 aliphatic rings. The molecule has 2 aromatic heterocycles. The average molecular weight is 702 g/mol. The first-order chi connectivity index (χ1) is 23.8. The van der Waals surface area contributed by atoms with Gasteiger partial charge in [0.25, 0.3) is 17.4 Å². The summed E-state index contributed by atoms with van der Waals surface area (Å²) in [6.07, 6.45) is 1.55. The van der Waals surface area contributed by atoms with Crippen molar-refractivity contribution in [1.82, 2.24) is 35.4 Å². The Bertz CT molecular complexity index is 1890. The van der Waals surface area contributed by atoms with Gasteiger partial charge in [0.15, 0.2) is 5.88 Å². The van der Waals surface area contributed by atoms with Gasteiger partial charge >= 0.3 is 0 Å². The number of hydrogen-bond donors (Lipinski definition) is 5. The van der Waals surface area contributed by atoms with Gasteiger partial charge in [-0.2, -0.15) is 4.98 Å². The summed E-state index contributed by atoms with van der Waals surface area (Å²) in [7, 11) is 2.12. The van der Waals surface area contributed by atoms with E-state index in [1.807, 2.05) is 51.1 Å². The quantitative estimate of drug-likeness (QED) is 0.128. The van der Waals surface area contributed by atoms with E-state index in [1.165, 1.54) is 18.2 Å². The van der Waals surface area contributed by atoms with Gasteiger partial charge in [-0.1, -0.05) is 41.9 Å². The van der Waals surface area contributed by atoms with Gasteiger partial charge in [-0.05, 0) is 64.2 Å². The van der Waals surface area contributed by atoms with Crippen molar-refractivity contribution in [3.63, 3.8) is 0 Å². The van der Waals surface area contributed by atoms with E-state index < -0.39 is 29.0 Å². The summed E-state index contributed by atoms with van der Waals surface area (Å²) in [6.45, 7) is 15.6. The third-order valence-corrected chi connectivity index (χ3v) is 8.39. The molecule has 0 saturated carbocycles. The highest BCUT2D eigenvalue weighted by molar-refractivity contribution is 6.34. The zero-order valence-corrected chi connectivity index (χ0v) is 29.6. The molecule has 14 heteroatoms. The number of pyridine rings is 1. The number of nitrogens with zero attached hydrogens (tertiary/aromatic N) is 4. The Morgan fingerprint density at radius 2 is 1.80 bits per heavy atom. The van der Waals surface area contributed by atoms with E-state index >= 15 is 0 Å². The van der Waals surface area contributed by atoms with E-state index in [4.69, 9.17) is 16.3 Å². The lowest BCUT2D eigenvalue weighted by Crippen LogP contribution is -2.45. The Morgan fingerprint density at radius 3 is 2.52 bits per heavy atom. The van der Waals surface area contributed by atoms with E-state index in [0.29, 0.717) is 36.0 Å². The normalized spacial score (nSPS) is 14.5. The molecule has 1 fully saturated rings. The summed E-state index contributed by atoms with van der Waals surface area (Å²) in [6, 6.07) is 15.0. The molecule has 1 atom stereocenters. The monoisotopic (exact) mass is 701 g/mol. The maximum atomic E-state index is 13.5. The maximum absolute atomic E-state index is 13.5. The number of aromatic nitrogens is 3. The van der Waals surface area contributed by atoms with Crippen molar-refractivity contribution in [3.05, 3.63) is 105 Å². The fourth-order valence-corrected chi connectivity index (χ4v) is 5.56. The number of hydrogen-bond acceptors (Lipinski definition) is 10. The van der Waals surface area contributed by atoms with Crippen molar-refractivity contribution < 1.29 is 14.3 Å². The molecule has 2 amide bonds. The minimum absolute atomic E-state index is 0.157. The van der Waals surface area contributed by atoms with Crippen molar-refractivity contribution in [3.8, 4) is 0 Å². The Morgan fingerprint density at radius 1 is 1.06 bits per heavy atom. The van der Waals surface area contributed by atoms with E-state index in [9.17, 15) is 14.4 Å². The Balaban J connectivity index is 1.24. The molecule has 5 rings (SSSR count). The second-order valence-corrected chi connectivity index (χ2v) is 13.6. The van der Waals surface area contributed by atoms with Crippen molar-refractivity contribution in [1.29, 1.82) is 0 Å².